The van der Waals surface area contributed by atoms with Crippen LogP contribution in [0.25, 0.3) is 0 Å². The van der Waals surface area contributed by atoms with Crippen LogP contribution in [0, 0.1) is 11.3 Å². The molecule has 0 spiro atoms. The average Bonchev–Trinajstić information content (AvgIpc) is 3.12. The number of carboxylic acids is 1. The van der Waals surface area contributed by atoms with Crippen LogP contribution in [0.3, 0.4) is 0 Å². The molecule has 0 bridgehead atoms. The van der Waals surface area contributed by atoms with Crippen LogP contribution in [0.1, 0.15) is 43.0 Å². The van der Waals surface area contributed by atoms with Crippen molar-refractivity contribution in [3.05, 3.63) is 29.8 Å². The second kappa shape index (κ2) is 6.44. The average molecular weight is 365 g/mol. The first kappa shape index (κ1) is 17.9. The molecule has 3 rings (SSSR count). The molecule has 0 radical (unpaired) electrons. The Kier molecular flexibility index (Phi) is 4.62. The SMILES string of the molecule is CCCS(=O)(=O)c1ccccc1C(=O)N1C[C@@H]2CCC[C@@]2(C(=O)O)C1. The molecule has 1 aromatic carbocycles. The van der Waals surface area contributed by atoms with Gasteiger partial charge < -0.3 is 10.0 Å². The number of likely N-dealkylation sites (tertiary alicyclic amines) is 1. The third kappa shape index (κ3) is 2.94. The molecule has 1 aliphatic carbocycles. The van der Waals surface area contributed by atoms with Crippen LogP contribution in [0.15, 0.2) is 29.2 Å². The van der Waals surface area contributed by atoms with Gasteiger partial charge in [0.25, 0.3) is 5.91 Å². The monoisotopic (exact) mass is 365 g/mol. The van der Waals surface area contributed by atoms with E-state index in [-0.39, 0.29) is 34.6 Å². The molecule has 1 aliphatic heterocycles. The summed E-state index contributed by atoms with van der Waals surface area (Å²) in [5.41, 5.74) is -0.719. The number of sulfone groups is 1. The number of carbonyl (C=O) groups excluding carboxylic acids is 1. The third-order valence-electron chi connectivity index (χ3n) is 5.51. The van der Waals surface area contributed by atoms with Gasteiger partial charge in [0.15, 0.2) is 9.84 Å². The van der Waals surface area contributed by atoms with Gasteiger partial charge in [-0.05, 0) is 37.3 Å². The molecule has 1 aromatic rings. The molecule has 1 saturated carbocycles. The quantitative estimate of drug-likeness (QED) is 0.864. The number of rotatable bonds is 5. The van der Waals surface area contributed by atoms with Crippen LogP contribution in [0.2, 0.25) is 0 Å². The molecule has 6 nitrogen and oxygen atoms in total. The van der Waals surface area contributed by atoms with Gasteiger partial charge in [0.05, 0.1) is 21.6 Å². The summed E-state index contributed by atoms with van der Waals surface area (Å²) in [5, 5.41) is 9.66. The van der Waals surface area contributed by atoms with Gasteiger partial charge in [-0.15, -0.1) is 0 Å². The number of hydrogen-bond donors (Lipinski definition) is 1. The summed E-state index contributed by atoms with van der Waals surface area (Å²) >= 11 is 0. The summed E-state index contributed by atoms with van der Waals surface area (Å²) in [6.45, 7) is 2.32. The molecule has 0 unspecified atom stereocenters. The van der Waals surface area contributed by atoms with Crippen LogP contribution in [0.4, 0.5) is 0 Å². The molecular weight excluding hydrogens is 342 g/mol. The standard InChI is InChI=1S/C18H23NO5S/c1-2-10-25(23,24)15-8-4-3-7-14(15)16(20)19-11-13-6-5-9-18(13,12-19)17(21)22/h3-4,7-8,13H,2,5-6,9-12H2,1H3,(H,21,22)/t13-,18+/m0/s1. The highest BCUT2D eigenvalue weighted by atomic mass is 32.2. The number of fused-ring (bicyclic) bond motifs is 1. The zero-order valence-corrected chi connectivity index (χ0v) is 15.1. The molecule has 25 heavy (non-hydrogen) atoms. The molecule has 7 heteroatoms. The van der Waals surface area contributed by atoms with Gasteiger partial charge in [0.2, 0.25) is 0 Å². The minimum atomic E-state index is -3.53. The van der Waals surface area contributed by atoms with Crippen molar-refractivity contribution in [3.63, 3.8) is 0 Å². The van der Waals surface area contributed by atoms with Crippen LogP contribution in [-0.4, -0.2) is 49.1 Å². The van der Waals surface area contributed by atoms with E-state index in [1.807, 2.05) is 0 Å². The number of carbonyl (C=O) groups is 2. The van der Waals surface area contributed by atoms with Crippen molar-refractivity contribution >= 4 is 21.7 Å². The van der Waals surface area contributed by atoms with Crippen LogP contribution < -0.4 is 0 Å². The minimum Gasteiger partial charge on any atom is -0.481 e. The lowest BCUT2D eigenvalue weighted by Gasteiger charge is -2.23. The number of carboxylic acid groups (broad SMARTS) is 1. The maximum atomic E-state index is 13.0. The molecule has 1 heterocycles. The molecule has 1 saturated heterocycles. The van der Waals surface area contributed by atoms with Crippen molar-refractivity contribution < 1.29 is 23.1 Å². The number of benzene rings is 1. The molecule has 2 atom stereocenters. The lowest BCUT2D eigenvalue weighted by atomic mass is 9.81. The zero-order valence-electron chi connectivity index (χ0n) is 14.3. The number of aliphatic carboxylic acids is 1. The second-order valence-corrected chi connectivity index (χ2v) is 9.13. The Morgan fingerprint density at radius 1 is 1.32 bits per heavy atom. The summed E-state index contributed by atoms with van der Waals surface area (Å²) in [6.07, 6.45) is 2.71. The Morgan fingerprint density at radius 3 is 2.68 bits per heavy atom. The molecule has 136 valence electrons. The first-order chi connectivity index (χ1) is 11.8. The van der Waals surface area contributed by atoms with E-state index in [0.717, 1.165) is 12.8 Å². The zero-order chi connectivity index (χ0) is 18.2. The highest BCUT2D eigenvalue weighted by Gasteiger charge is 2.56. The first-order valence-electron chi connectivity index (χ1n) is 8.66. The summed E-state index contributed by atoms with van der Waals surface area (Å²) in [7, 11) is -3.53. The molecule has 2 fully saturated rings. The van der Waals surface area contributed by atoms with Gasteiger partial charge in [-0.3, -0.25) is 9.59 Å². The Balaban J connectivity index is 1.92. The van der Waals surface area contributed by atoms with Gasteiger partial charge in [0.1, 0.15) is 0 Å². The fraction of sp³-hybridized carbons (Fsp3) is 0.556. The van der Waals surface area contributed by atoms with E-state index in [1.165, 1.54) is 17.0 Å². The minimum absolute atomic E-state index is 0.0149. The van der Waals surface area contributed by atoms with E-state index < -0.39 is 21.2 Å². The largest absolute Gasteiger partial charge is 0.481 e. The predicted octanol–water partition coefficient (Wildman–Crippen LogP) is 2.20. The molecule has 0 aromatic heterocycles. The topological polar surface area (TPSA) is 91.8 Å². The summed E-state index contributed by atoms with van der Waals surface area (Å²) < 4.78 is 24.9. The number of nitrogens with zero attached hydrogens (tertiary/aromatic N) is 1. The highest BCUT2D eigenvalue weighted by Crippen LogP contribution is 2.49. The molecule has 1 amide bonds. The smallest absolute Gasteiger partial charge is 0.311 e. The van der Waals surface area contributed by atoms with Crippen molar-refractivity contribution in [2.24, 2.45) is 11.3 Å². The normalized spacial score (nSPS) is 25.8. The molecule has 1 N–H and O–H groups in total. The second-order valence-electron chi connectivity index (χ2n) is 7.05. The predicted molar refractivity (Wildman–Crippen MR) is 92.1 cm³/mol. The summed E-state index contributed by atoms with van der Waals surface area (Å²) in [6, 6.07) is 6.23. The van der Waals surface area contributed by atoms with Gasteiger partial charge in [-0.1, -0.05) is 25.5 Å². The third-order valence-corrected chi connectivity index (χ3v) is 7.48. The fourth-order valence-corrected chi connectivity index (χ4v) is 5.79. The van der Waals surface area contributed by atoms with Crippen molar-refractivity contribution in [1.82, 2.24) is 4.90 Å². The molecular formula is C18H23NO5S. The van der Waals surface area contributed by atoms with Crippen molar-refractivity contribution in [1.29, 1.82) is 0 Å². The van der Waals surface area contributed by atoms with E-state index in [2.05, 4.69) is 0 Å². The van der Waals surface area contributed by atoms with E-state index in [0.29, 0.717) is 19.4 Å². The first-order valence-corrected chi connectivity index (χ1v) is 10.3. The Labute approximate surface area is 147 Å². The van der Waals surface area contributed by atoms with E-state index in [9.17, 15) is 23.1 Å². The van der Waals surface area contributed by atoms with Gasteiger partial charge >= 0.3 is 5.97 Å². The highest BCUT2D eigenvalue weighted by molar-refractivity contribution is 7.91. The lowest BCUT2D eigenvalue weighted by Crippen LogP contribution is -2.37. The van der Waals surface area contributed by atoms with Crippen molar-refractivity contribution in [2.45, 2.75) is 37.5 Å². The Hall–Kier alpha value is -1.89. The van der Waals surface area contributed by atoms with E-state index in [1.54, 1.807) is 19.1 Å². The van der Waals surface area contributed by atoms with Crippen molar-refractivity contribution in [3.8, 4) is 0 Å². The van der Waals surface area contributed by atoms with Gasteiger partial charge in [0, 0.05) is 13.1 Å². The van der Waals surface area contributed by atoms with Crippen LogP contribution in [-0.2, 0) is 14.6 Å². The summed E-state index contributed by atoms with van der Waals surface area (Å²) in [5.74, 6) is -1.30. The van der Waals surface area contributed by atoms with E-state index in [4.69, 9.17) is 0 Å². The Bertz CT molecular complexity index is 803. The maximum absolute atomic E-state index is 13.0. The summed E-state index contributed by atoms with van der Waals surface area (Å²) in [4.78, 5) is 26.3. The van der Waals surface area contributed by atoms with Crippen LogP contribution in [0.5, 0.6) is 0 Å². The van der Waals surface area contributed by atoms with E-state index >= 15 is 0 Å². The number of hydrogen-bond acceptors (Lipinski definition) is 4. The van der Waals surface area contributed by atoms with Crippen LogP contribution >= 0.6 is 0 Å². The van der Waals surface area contributed by atoms with Gasteiger partial charge in [-0.2, -0.15) is 0 Å². The fourth-order valence-electron chi connectivity index (χ4n) is 4.26. The Morgan fingerprint density at radius 2 is 2.04 bits per heavy atom. The van der Waals surface area contributed by atoms with Crippen molar-refractivity contribution in [2.75, 3.05) is 18.8 Å². The lowest BCUT2D eigenvalue weighted by molar-refractivity contribution is -0.149. The maximum Gasteiger partial charge on any atom is 0.311 e. The van der Waals surface area contributed by atoms with Gasteiger partial charge in [-0.25, -0.2) is 8.42 Å². The number of amides is 1. The molecule has 2 aliphatic rings.